The molecule has 2 aromatic heterocycles. The van der Waals surface area contributed by atoms with Crippen molar-refractivity contribution < 1.29 is 9.34 Å². The van der Waals surface area contributed by atoms with Crippen LogP contribution in [0, 0.1) is 10.1 Å². The molecule has 0 aliphatic heterocycles. The Hall–Kier alpha value is -2.71. The van der Waals surface area contributed by atoms with Gasteiger partial charge in [-0.05, 0) is 25.1 Å². The van der Waals surface area contributed by atoms with Crippen molar-refractivity contribution in [3.63, 3.8) is 0 Å². The molecule has 0 spiro atoms. The number of hydrogen-bond donors (Lipinski definition) is 0. The van der Waals surface area contributed by atoms with Crippen molar-refractivity contribution in [1.29, 1.82) is 0 Å². The highest BCUT2D eigenvalue weighted by molar-refractivity contribution is 7.07. The van der Waals surface area contributed by atoms with Gasteiger partial charge < -0.3 is 4.42 Å². The maximum Gasteiger partial charge on any atom is 0.433 e. The van der Waals surface area contributed by atoms with Gasteiger partial charge in [0, 0.05) is 22.5 Å². The van der Waals surface area contributed by atoms with Crippen LogP contribution in [-0.4, -0.2) is 22.4 Å². The van der Waals surface area contributed by atoms with Crippen molar-refractivity contribution in [2.45, 2.75) is 6.92 Å². The molecular weight excluding hydrogens is 364 g/mol. The smallest absolute Gasteiger partial charge is 0.400 e. The Labute approximate surface area is 151 Å². The van der Waals surface area contributed by atoms with E-state index in [1.807, 2.05) is 30.5 Å². The predicted molar refractivity (Wildman–Crippen MR) is 97.2 cm³/mol. The fourth-order valence-corrected chi connectivity index (χ4v) is 3.22. The van der Waals surface area contributed by atoms with Crippen LogP contribution >= 0.6 is 22.9 Å². The lowest BCUT2D eigenvalue weighted by atomic mass is 10.2. The Balaban J connectivity index is 2.04. The molecule has 0 aliphatic carbocycles. The van der Waals surface area contributed by atoms with Gasteiger partial charge in [-0.3, -0.25) is 15.1 Å². The first kappa shape index (κ1) is 17.1. The number of aromatic nitrogens is 1. The normalized spacial score (nSPS) is 12.2. The molecule has 9 heteroatoms. The summed E-state index contributed by atoms with van der Waals surface area (Å²) in [5.41, 5.74) is 1.71. The van der Waals surface area contributed by atoms with Gasteiger partial charge in [0.2, 0.25) is 4.80 Å². The van der Waals surface area contributed by atoms with Crippen molar-refractivity contribution in [2.24, 2.45) is 10.1 Å². The number of nitro groups is 1. The van der Waals surface area contributed by atoms with Gasteiger partial charge >= 0.3 is 5.88 Å². The summed E-state index contributed by atoms with van der Waals surface area (Å²) in [4.78, 5) is 15.2. The van der Waals surface area contributed by atoms with Gasteiger partial charge in [0.1, 0.15) is 4.92 Å². The molecule has 0 N–H and O–H groups in total. The minimum Gasteiger partial charge on any atom is -0.400 e. The Morgan fingerprint density at radius 1 is 1.40 bits per heavy atom. The number of hydrogen-bond acceptors (Lipinski definition) is 6. The zero-order valence-electron chi connectivity index (χ0n) is 13.1. The van der Waals surface area contributed by atoms with Crippen LogP contribution in [0.3, 0.4) is 0 Å². The average Bonchev–Trinajstić information content (AvgIpc) is 3.20. The van der Waals surface area contributed by atoms with Gasteiger partial charge in [-0.2, -0.15) is 5.10 Å². The second kappa shape index (κ2) is 7.45. The molecule has 0 bridgehead atoms. The molecule has 0 amide bonds. The van der Waals surface area contributed by atoms with Crippen LogP contribution in [-0.2, 0) is 0 Å². The fourth-order valence-electron chi connectivity index (χ4n) is 2.12. The van der Waals surface area contributed by atoms with Crippen molar-refractivity contribution in [2.75, 3.05) is 6.54 Å². The Kier molecular flexibility index (Phi) is 5.11. The maximum atomic E-state index is 10.7. The quantitative estimate of drug-likeness (QED) is 0.380. The van der Waals surface area contributed by atoms with E-state index in [-0.39, 0.29) is 11.6 Å². The summed E-state index contributed by atoms with van der Waals surface area (Å²) in [6.07, 6.45) is 1.42. The van der Waals surface area contributed by atoms with E-state index in [4.69, 9.17) is 16.0 Å². The van der Waals surface area contributed by atoms with Crippen molar-refractivity contribution in [1.82, 2.24) is 4.68 Å². The van der Waals surface area contributed by atoms with Crippen LogP contribution in [0.15, 0.2) is 56.3 Å². The first-order valence-electron chi connectivity index (χ1n) is 7.34. The largest absolute Gasteiger partial charge is 0.433 e. The van der Waals surface area contributed by atoms with E-state index < -0.39 is 4.92 Å². The van der Waals surface area contributed by atoms with E-state index in [0.717, 1.165) is 11.3 Å². The zero-order chi connectivity index (χ0) is 17.8. The third kappa shape index (κ3) is 3.86. The molecule has 7 nitrogen and oxygen atoms in total. The molecule has 2 heterocycles. The summed E-state index contributed by atoms with van der Waals surface area (Å²) in [7, 11) is 0. The predicted octanol–water partition coefficient (Wildman–Crippen LogP) is 4.17. The lowest BCUT2D eigenvalue weighted by molar-refractivity contribution is -0.402. The van der Waals surface area contributed by atoms with Gasteiger partial charge in [0.25, 0.3) is 0 Å². The summed E-state index contributed by atoms with van der Waals surface area (Å²) >= 11 is 7.52. The van der Waals surface area contributed by atoms with Crippen LogP contribution < -0.4 is 4.80 Å². The van der Waals surface area contributed by atoms with E-state index in [0.29, 0.717) is 16.4 Å². The van der Waals surface area contributed by atoms with Gasteiger partial charge in [0.15, 0.2) is 5.76 Å². The molecule has 0 atom stereocenters. The van der Waals surface area contributed by atoms with E-state index >= 15 is 0 Å². The van der Waals surface area contributed by atoms with E-state index in [2.05, 4.69) is 10.1 Å². The summed E-state index contributed by atoms with van der Waals surface area (Å²) < 4.78 is 6.76. The molecule has 0 fully saturated rings. The number of furan rings is 1. The minimum atomic E-state index is -0.593. The van der Waals surface area contributed by atoms with Crippen LogP contribution in [0.5, 0.6) is 0 Å². The number of nitrogens with zero attached hydrogens (tertiary/aromatic N) is 4. The highest BCUT2D eigenvalue weighted by Crippen LogP contribution is 2.23. The molecule has 0 unspecified atom stereocenters. The molecule has 0 aliphatic rings. The van der Waals surface area contributed by atoms with Crippen molar-refractivity contribution in [3.05, 3.63) is 67.5 Å². The monoisotopic (exact) mass is 376 g/mol. The minimum absolute atomic E-state index is 0.282. The SMILES string of the molecule is CCN=c1scc(-c2cccc(Cl)c2)n1N=Cc1ccc([N+](=O)[O-])o1. The van der Waals surface area contributed by atoms with Crippen LogP contribution in [0.25, 0.3) is 11.3 Å². The lowest BCUT2D eigenvalue weighted by Gasteiger charge is -2.03. The molecule has 128 valence electrons. The van der Waals surface area contributed by atoms with E-state index in [9.17, 15) is 10.1 Å². The number of thiazole rings is 1. The highest BCUT2D eigenvalue weighted by Gasteiger charge is 2.11. The van der Waals surface area contributed by atoms with Gasteiger partial charge in [-0.15, -0.1) is 11.3 Å². The second-order valence-electron chi connectivity index (χ2n) is 4.88. The molecule has 3 rings (SSSR count). The fraction of sp³-hybridized carbons (Fsp3) is 0.125. The van der Waals surface area contributed by atoms with E-state index in [1.165, 1.54) is 29.7 Å². The summed E-state index contributed by atoms with van der Waals surface area (Å²) in [5.74, 6) is -0.0461. The molecule has 25 heavy (non-hydrogen) atoms. The van der Waals surface area contributed by atoms with Crippen LogP contribution in [0.2, 0.25) is 5.02 Å². The number of rotatable bonds is 5. The molecule has 1 aromatic carbocycles. The standard InChI is InChI=1S/C16H13ClN4O3S/c1-2-18-16-20(19-9-13-6-7-15(24-13)21(22)23)14(10-25-16)11-4-3-5-12(17)8-11/h3-10H,2H2,1H3. The summed E-state index contributed by atoms with van der Waals surface area (Å²) in [6, 6.07) is 10.2. The maximum absolute atomic E-state index is 10.7. The summed E-state index contributed by atoms with van der Waals surface area (Å²) in [5, 5.41) is 17.6. The Bertz CT molecular complexity index is 1000. The van der Waals surface area contributed by atoms with E-state index in [1.54, 1.807) is 10.7 Å². The van der Waals surface area contributed by atoms with Gasteiger partial charge in [-0.25, -0.2) is 4.68 Å². The first-order valence-corrected chi connectivity index (χ1v) is 8.60. The lowest BCUT2D eigenvalue weighted by Crippen LogP contribution is -2.12. The molecule has 0 radical (unpaired) electrons. The average molecular weight is 377 g/mol. The molecular formula is C16H13ClN4O3S. The first-order chi connectivity index (χ1) is 12.1. The third-order valence-electron chi connectivity index (χ3n) is 3.19. The zero-order valence-corrected chi connectivity index (χ0v) is 14.7. The molecule has 0 saturated carbocycles. The van der Waals surface area contributed by atoms with Crippen molar-refractivity contribution >= 4 is 35.0 Å². The van der Waals surface area contributed by atoms with Gasteiger partial charge in [-0.1, -0.05) is 23.7 Å². The van der Waals surface area contributed by atoms with Crippen LogP contribution in [0.4, 0.5) is 5.88 Å². The Morgan fingerprint density at radius 3 is 2.92 bits per heavy atom. The third-order valence-corrected chi connectivity index (χ3v) is 4.28. The van der Waals surface area contributed by atoms with Crippen molar-refractivity contribution in [3.8, 4) is 11.3 Å². The number of benzene rings is 1. The topological polar surface area (TPSA) is 85.9 Å². The Morgan fingerprint density at radius 2 is 2.24 bits per heavy atom. The molecule has 0 saturated heterocycles. The van der Waals surface area contributed by atoms with Crippen LogP contribution in [0.1, 0.15) is 12.7 Å². The highest BCUT2D eigenvalue weighted by atomic mass is 35.5. The number of halogens is 1. The van der Waals surface area contributed by atoms with Gasteiger partial charge in [0.05, 0.1) is 18.0 Å². The molecule has 3 aromatic rings. The summed E-state index contributed by atoms with van der Waals surface area (Å²) in [6.45, 7) is 2.54. The second-order valence-corrected chi connectivity index (χ2v) is 6.15.